The second-order valence-electron chi connectivity index (χ2n) is 5.02. The van der Waals surface area contributed by atoms with Gasteiger partial charge in [-0.05, 0) is 18.2 Å². The van der Waals surface area contributed by atoms with Crippen LogP contribution < -0.4 is 10.6 Å². The second-order valence-corrected chi connectivity index (χ2v) is 5.02. The normalized spacial score (nSPS) is 10.8. The molecule has 0 bridgehead atoms. The number of aromatic nitrogens is 5. The van der Waals surface area contributed by atoms with E-state index in [1.807, 2.05) is 0 Å². The number of alkyl halides is 2. The standard InChI is InChI=1S/C15H15F2N7O/c16-14(17)23-9-7-18-12(23)4-6-19-15(25)22-11-2-3-13(20-10-11)24-8-1-5-21-24/h1-3,5,7-10,14H,4,6H2,(H2,19,22,25). The minimum atomic E-state index is -2.65. The third-order valence-electron chi connectivity index (χ3n) is 3.34. The maximum atomic E-state index is 12.7. The molecule has 0 atom stereocenters. The zero-order chi connectivity index (χ0) is 17.6. The Kier molecular flexibility index (Phi) is 4.97. The minimum Gasteiger partial charge on any atom is -0.337 e. The molecule has 0 fully saturated rings. The summed E-state index contributed by atoms with van der Waals surface area (Å²) < 4.78 is 27.7. The molecule has 130 valence electrons. The van der Waals surface area contributed by atoms with Gasteiger partial charge < -0.3 is 10.6 Å². The predicted molar refractivity (Wildman–Crippen MR) is 85.6 cm³/mol. The van der Waals surface area contributed by atoms with Crippen LogP contribution in [0, 0.1) is 0 Å². The number of carbonyl (C=O) groups is 1. The fourth-order valence-electron chi connectivity index (χ4n) is 2.18. The molecule has 0 aromatic carbocycles. The van der Waals surface area contributed by atoms with Crippen molar-refractivity contribution >= 4 is 11.7 Å². The molecular weight excluding hydrogens is 332 g/mol. The molecule has 0 aliphatic rings. The second kappa shape index (κ2) is 7.51. The maximum absolute atomic E-state index is 12.7. The third kappa shape index (κ3) is 4.16. The summed E-state index contributed by atoms with van der Waals surface area (Å²) >= 11 is 0. The van der Waals surface area contributed by atoms with Gasteiger partial charge in [-0.3, -0.25) is 4.57 Å². The van der Waals surface area contributed by atoms with Crippen molar-refractivity contribution in [2.75, 3.05) is 11.9 Å². The summed E-state index contributed by atoms with van der Waals surface area (Å²) in [7, 11) is 0. The average Bonchev–Trinajstić information content (AvgIpc) is 3.27. The van der Waals surface area contributed by atoms with Crippen LogP contribution in [0.3, 0.4) is 0 Å². The van der Waals surface area contributed by atoms with Gasteiger partial charge in [0.2, 0.25) is 0 Å². The zero-order valence-corrected chi connectivity index (χ0v) is 13.0. The molecule has 0 aliphatic heterocycles. The van der Waals surface area contributed by atoms with E-state index in [-0.39, 0.29) is 18.8 Å². The summed E-state index contributed by atoms with van der Waals surface area (Å²) in [5.41, 5.74) is 0.502. The first-order valence-corrected chi connectivity index (χ1v) is 7.44. The van der Waals surface area contributed by atoms with E-state index in [2.05, 4.69) is 25.7 Å². The predicted octanol–water partition coefficient (Wildman–Crippen LogP) is 2.22. The molecule has 10 heteroatoms. The molecule has 8 nitrogen and oxygen atoms in total. The number of nitrogens with one attached hydrogen (secondary N) is 2. The van der Waals surface area contributed by atoms with Gasteiger partial charge in [0, 0.05) is 37.8 Å². The van der Waals surface area contributed by atoms with Crippen LogP contribution >= 0.6 is 0 Å². The van der Waals surface area contributed by atoms with Gasteiger partial charge in [-0.25, -0.2) is 19.4 Å². The molecule has 0 unspecified atom stereocenters. The van der Waals surface area contributed by atoms with Gasteiger partial charge in [0.25, 0.3) is 0 Å². The number of halogens is 2. The number of amides is 2. The Balaban J connectivity index is 1.48. The lowest BCUT2D eigenvalue weighted by atomic mass is 10.4. The molecule has 3 aromatic heterocycles. The van der Waals surface area contributed by atoms with Gasteiger partial charge in [-0.2, -0.15) is 13.9 Å². The Labute approximate surface area is 141 Å². The van der Waals surface area contributed by atoms with E-state index in [0.29, 0.717) is 11.5 Å². The van der Waals surface area contributed by atoms with Crippen LogP contribution in [0.5, 0.6) is 0 Å². The first kappa shape index (κ1) is 16.6. The van der Waals surface area contributed by atoms with Crippen molar-refractivity contribution in [3.05, 3.63) is 55.0 Å². The fraction of sp³-hybridized carbons (Fsp3) is 0.200. The van der Waals surface area contributed by atoms with Crippen LogP contribution in [-0.4, -0.2) is 36.9 Å². The molecule has 25 heavy (non-hydrogen) atoms. The first-order valence-electron chi connectivity index (χ1n) is 7.44. The highest BCUT2D eigenvalue weighted by atomic mass is 19.3. The molecule has 2 amide bonds. The highest BCUT2D eigenvalue weighted by Crippen LogP contribution is 2.12. The molecule has 3 rings (SSSR count). The summed E-state index contributed by atoms with van der Waals surface area (Å²) in [5, 5.41) is 9.25. The van der Waals surface area contributed by atoms with Crippen LogP contribution in [0.2, 0.25) is 0 Å². The molecule has 0 aliphatic carbocycles. The molecule has 0 radical (unpaired) electrons. The highest BCUT2D eigenvalue weighted by Gasteiger charge is 2.11. The number of pyridine rings is 1. The Morgan fingerprint density at radius 3 is 2.76 bits per heavy atom. The number of hydrogen-bond donors (Lipinski definition) is 2. The van der Waals surface area contributed by atoms with Crippen molar-refractivity contribution in [2.24, 2.45) is 0 Å². The Bertz CT molecular complexity index is 815. The Morgan fingerprint density at radius 2 is 2.08 bits per heavy atom. The van der Waals surface area contributed by atoms with E-state index >= 15 is 0 Å². The van der Waals surface area contributed by atoms with Crippen molar-refractivity contribution in [2.45, 2.75) is 13.0 Å². The zero-order valence-electron chi connectivity index (χ0n) is 13.0. The lowest BCUT2D eigenvalue weighted by molar-refractivity contribution is 0.0670. The van der Waals surface area contributed by atoms with Gasteiger partial charge in [-0.15, -0.1) is 0 Å². The van der Waals surface area contributed by atoms with Crippen LogP contribution in [0.15, 0.2) is 49.2 Å². The summed E-state index contributed by atoms with van der Waals surface area (Å²) in [6, 6.07) is 4.72. The average molecular weight is 347 g/mol. The summed E-state index contributed by atoms with van der Waals surface area (Å²) in [6.07, 6.45) is 7.59. The number of hydrogen-bond acceptors (Lipinski definition) is 4. The molecule has 0 saturated heterocycles. The number of anilines is 1. The van der Waals surface area contributed by atoms with Crippen LogP contribution in [0.4, 0.5) is 19.3 Å². The maximum Gasteiger partial charge on any atom is 0.319 e. The molecule has 0 spiro atoms. The lowest BCUT2D eigenvalue weighted by Gasteiger charge is -2.09. The van der Waals surface area contributed by atoms with Gasteiger partial charge in [-0.1, -0.05) is 0 Å². The third-order valence-corrected chi connectivity index (χ3v) is 3.34. The molecule has 2 N–H and O–H groups in total. The van der Waals surface area contributed by atoms with E-state index in [4.69, 9.17) is 0 Å². The number of carbonyl (C=O) groups excluding carboxylic acids is 1. The van der Waals surface area contributed by atoms with Crippen LogP contribution in [0.1, 0.15) is 12.4 Å². The van der Waals surface area contributed by atoms with Gasteiger partial charge in [0.1, 0.15) is 5.82 Å². The van der Waals surface area contributed by atoms with E-state index < -0.39 is 12.6 Å². The fourth-order valence-corrected chi connectivity index (χ4v) is 2.18. The highest BCUT2D eigenvalue weighted by molar-refractivity contribution is 5.89. The number of imidazole rings is 1. The van der Waals surface area contributed by atoms with Crippen LogP contribution in [-0.2, 0) is 6.42 Å². The smallest absolute Gasteiger partial charge is 0.319 e. The number of urea groups is 1. The SMILES string of the molecule is O=C(NCCc1nccn1C(F)F)Nc1ccc(-n2cccn2)nc1. The van der Waals surface area contributed by atoms with Crippen molar-refractivity contribution in [3.8, 4) is 5.82 Å². The monoisotopic (exact) mass is 347 g/mol. The van der Waals surface area contributed by atoms with Crippen LogP contribution in [0.25, 0.3) is 5.82 Å². The summed E-state index contributed by atoms with van der Waals surface area (Å²) in [6.45, 7) is -2.47. The van der Waals surface area contributed by atoms with Gasteiger partial charge >= 0.3 is 12.6 Å². The van der Waals surface area contributed by atoms with Crippen molar-refractivity contribution in [3.63, 3.8) is 0 Å². The molecule has 0 saturated carbocycles. The minimum absolute atomic E-state index is 0.175. The van der Waals surface area contributed by atoms with E-state index in [1.54, 1.807) is 35.3 Å². The Hall–Kier alpha value is -3.30. The molecule has 3 aromatic rings. The van der Waals surface area contributed by atoms with E-state index in [9.17, 15) is 13.6 Å². The van der Waals surface area contributed by atoms with Crippen molar-refractivity contribution in [1.29, 1.82) is 0 Å². The van der Waals surface area contributed by atoms with E-state index in [0.717, 1.165) is 4.57 Å². The molecular formula is C15H15F2N7O. The van der Waals surface area contributed by atoms with Crippen molar-refractivity contribution < 1.29 is 13.6 Å². The van der Waals surface area contributed by atoms with Crippen molar-refractivity contribution in [1.82, 2.24) is 29.6 Å². The quantitative estimate of drug-likeness (QED) is 0.715. The van der Waals surface area contributed by atoms with Gasteiger partial charge in [0.15, 0.2) is 5.82 Å². The van der Waals surface area contributed by atoms with E-state index in [1.165, 1.54) is 18.6 Å². The summed E-state index contributed by atoms with van der Waals surface area (Å²) in [4.78, 5) is 19.9. The number of nitrogens with zero attached hydrogens (tertiary/aromatic N) is 5. The molecule has 3 heterocycles. The topological polar surface area (TPSA) is 89.7 Å². The van der Waals surface area contributed by atoms with Gasteiger partial charge in [0.05, 0.1) is 11.9 Å². The first-order chi connectivity index (χ1) is 12.1. The largest absolute Gasteiger partial charge is 0.337 e. The summed E-state index contributed by atoms with van der Waals surface area (Å²) in [5.74, 6) is 0.829. The Morgan fingerprint density at radius 1 is 1.20 bits per heavy atom. The number of rotatable bonds is 6. The lowest BCUT2D eigenvalue weighted by Crippen LogP contribution is -2.31.